The van der Waals surface area contributed by atoms with Gasteiger partial charge in [-0.1, -0.05) is 0 Å². The molecule has 0 saturated carbocycles. The van der Waals surface area contributed by atoms with Crippen LogP contribution >= 0.6 is 0 Å². The largest absolute Gasteiger partial charge is 0.497 e. The van der Waals surface area contributed by atoms with Crippen LogP contribution in [0.15, 0.2) is 18.2 Å². The summed E-state index contributed by atoms with van der Waals surface area (Å²) in [6.45, 7) is 2.89. The highest BCUT2D eigenvalue weighted by Crippen LogP contribution is 2.26. The van der Waals surface area contributed by atoms with E-state index in [1.807, 2.05) is 0 Å². The minimum absolute atomic E-state index is 0.241. The van der Waals surface area contributed by atoms with Gasteiger partial charge in [-0.2, -0.15) is 0 Å². The maximum atomic E-state index is 14.0. The first kappa shape index (κ1) is 15.2. The number of rotatable bonds is 4. The Morgan fingerprint density at radius 3 is 2.80 bits per heavy atom. The number of methoxy groups -OCH3 is 1. The minimum Gasteiger partial charge on any atom is -0.497 e. The van der Waals surface area contributed by atoms with E-state index in [1.165, 1.54) is 13.2 Å². The lowest BCUT2D eigenvalue weighted by Gasteiger charge is -2.38. The Bertz CT molecular complexity index is 455. The second-order valence-electron chi connectivity index (χ2n) is 5.54. The predicted molar refractivity (Wildman–Crippen MR) is 76.4 cm³/mol. The van der Waals surface area contributed by atoms with E-state index in [0.717, 1.165) is 19.6 Å². The van der Waals surface area contributed by atoms with Crippen molar-refractivity contribution < 1.29 is 14.2 Å². The molecule has 1 aliphatic rings. The normalized spacial score (nSPS) is 22.8. The number of ether oxygens (including phenoxy) is 1. The van der Waals surface area contributed by atoms with Crippen molar-refractivity contribution >= 4 is 0 Å². The molecular weight excluding hydrogens is 259 g/mol. The van der Waals surface area contributed by atoms with Gasteiger partial charge < -0.3 is 19.6 Å². The SMILES string of the molecule is COc1ccc(C(O)CC2CN(C)CCN2C)c(F)c1. The molecule has 1 N–H and O–H groups in total. The maximum Gasteiger partial charge on any atom is 0.132 e. The molecule has 112 valence electrons. The lowest BCUT2D eigenvalue weighted by atomic mass is 9.99. The Kier molecular flexibility index (Phi) is 4.96. The maximum absolute atomic E-state index is 14.0. The number of nitrogens with zero attached hydrogens (tertiary/aromatic N) is 2. The average Bonchev–Trinajstić information content (AvgIpc) is 2.42. The van der Waals surface area contributed by atoms with E-state index in [1.54, 1.807) is 12.1 Å². The van der Waals surface area contributed by atoms with Crippen molar-refractivity contribution in [3.05, 3.63) is 29.6 Å². The van der Waals surface area contributed by atoms with Crippen LogP contribution in [0.4, 0.5) is 4.39 Å². The summed E-state index contributed by atoms with van der Waals surface area (Å²) in [5.74, 6) is 0.0524. The molecule has 2 rings (SSSR count). The second kappa shape index (κ2) is 6.52. The van der Waals surface area contributed by atoms with Crippen molar-refractivity contribution in [2.75, 3.05) is 40.8 Å². The zero-order chi connectivity index (χ0) is 14.7. The number of hydrogen-bond acceptors (Lipinski definition) is 4. The smallest absolute Gasteiger partial charge is 0.132 e. The summed E-state index contributed by atoms with van der Waals surface area (Å²) in [5.41, 5.74) is 0.340. The zero-order valence-corrected chi connectivity index (χ0v) is 12.3. The third-order valence-electron chi connectivity index (χ3n) is 4.04. The van der Waals surface area contributed by atoms with Gasteiger partial charge in [0.25, 0.3) is 0 Å². The lowest BCUT2D eigenvalue weighted by Crippen LogP contribution is -2.50. The van der Waals surface area contributed by atoms with Crippen molar-refractivity contribution in [1.82, 2.24) is 9.80 Å². The van der Waals surface area contributed by atoms with E-state index >= 15 is 0 Å². The molecule has 0 bridgehead atoms. The van der Waals surface area contributed by atoms with E-state index in [2.05, 4.69) is 23.9 Å². The van der Waals surface area contributed by atoms with Crippen LogP contribution in [0.25, 0.3) is 0 Å². The first-order valence-corrected chi connectivity index (χ1v) is 6.91. The summed E-state index contributed by atoms with van der Waals surface area (Å²) in [4.78, 5) is 4.46. The molecule has 5 heteroatoms. The Hall–Kier alpha value is -1.17. The fourth-order valence-corrected chi connectivity index (χ4v) is 2.65. The number of benzene rings is 1. The molecule has 0 aromatic heterocycles. The zero-order valence-electron chi connectivity index (χ0n) is 12.3. The quantitative estimate of drug-likeness (QED) is 0.908. The molecule has 1 aromatic carbocycles. The topological polar surface area (TPSA) is 35.9 Å². The first-order chi connectivity index (χ1) is 9.51. The van der Waals surface area contributed by atoms with Crippen molar-refractivity contribution in [2.24, 2.45) is 0 Å². The number of aliphatic hydroxyl groups excluding tert-OH is 1. The number of piperazine rings is 1. The molecular formula is C15H23FN2O2. The van der Waals surface area contributed by atoms with Crippen LogP contribution in [-0.2, 0) is 0 Å². The van der Waals surface area contributed by atoms with E-state index in [9.17, 15) is 9.50 Å². The fourth-order valence-electron chi connectivity index (χ4n) is 2.65. The molecule has 1 aromatic rings. The summed E-state index contributed by atoms with van der Waals surface area (Å²) in [5, 5.41) is 10.3. The number of aliphatic hydroxyl groups is 1. The van der Waals surface area contributed by atoms with Gasteiger partial charge in [-0.25, -0.2) is 4.39 Å². The number of halogens is 1. The Morgan fingerprint density at radius 2 is 2.15 bits per heavy atom. The molecule has 2 atom stereocenters. The van der Waals surface area contributed by atoms with Gasteiger partial charge in [0, 0.05) is 37.3 Å². The highest BCUT2D eigenvalue weighted by molar-refractivity contribution is 5.30. The van der Waals surface area contributed by atoms with Gasteiger partial charge in [-0.05, 0) is 32.6 Å². The molecule has 2 unspecified atom stereocenters. The van der Waals surface area contributed by atoms with E-state index < -0.39 is 11.9 Å². The monoisotopic (exact) mass is 282 g/mol. The third kappa shape index (κ3) is 3.48. The molecule has 0 radical (unpaired) electrons. The van der Waals surface area contributed by atoms with Crippen LogP contribution in [0.2, 0.25) is 0 Å². The summed E-state index contributed by atoms with van der Waals surface area (Å²) in [7, 11) is 5.62. The Morgan fingerprint density at radius 1 is 1.40 bits per heavy atom. The molecule has 4 nitrogen and oxygen atoms in total. The molecule has 1 fully saturated rings. The van der Waals surface area contributed by atoms with E-state index in [0.29, 0.717) is 17.7 Å². The van der Waals surface area contributed by atoms with Crippen LogP contribution in [0.1, 0.15) is 18.1 Å². The van der Waals surface area contributed by atoms with Gasteiger partial charge >= 0.3 is 0 Å². The average molecular weight is 282 g/mol. The lowest BCUT2D eigenvalue weighted by molar-refractivity contribution is 0.0621. The minimum atomic E-state index is -0.792. The molecule has 0 amide bonds. The fraction of sp³-hybridized carbons (Fsp3) is 0.600. The van der Waals surface area contributed by atoms with Gasteiger partial charge in [-0.15, -0.1) is 0 Å². The van der Waals surface area contributed by atoms with Crippen molar-refractivity contribution in [2.45, 2.75) is 18.6 Å². The summed E-state index contributed by atoms with van der Waals surface area (Å²) < 4.78 is 18.9. The number of hydrogen-bond donors (Lipinski definition) is 1. The summed E-state index contributed by atoms with van der Waals surface area (Å²) in [6.07, 6.45) is -0.260. The highest BCUT2D eigenvalue weighted by Gasteiger charge is 2.26. The van der Waals surface area contributed by atoms with Gasteiger partial charge in [-0.3, -0.25) is 0 Å². The molecule has 20 heavy (non-hydrogen) atoms. The van der Waals surface area contributed by atoms with Gasteiger partial charge in [0.15, 0.2) is 0 Å². The Labute approximate surface area is 119 Å². The van der Waals surface area contributed by atoms with Crippen molar-refractivity contribution in [3.8, 4) is 5.75 Å². The molecule has 0 spiro atoms. The van der Waals surface area contributed by atoms with Crippen LogP contribution < -0.4 is 4.74 Å². The molecule has 1 saturated heterocycles. The Balaban J connectivity index is 2.05. The highest BCUT2D eigenvalue weighted by atomic mass is 19.1. The molecule has 0 aliphatic carbocycles. The summed E-state index contributed by atoms with van der Waals surface area (Å²) in [6, 6.07) is 4.84. The van der Waals surface area contributed by atoms with Crippen LogP contribution in [-0.4, -0.2) is 61.8 Å². The van der Waals surface area contributed by atoms with E-state index in [-0.39, 0.29) is 6.04 Å². The third-order valence-corrected chi connectivity index (χ3v) is 4.04. The van der Waals surface area contributed by atoms with Gasteiger partial charge in [0.1, 0.15) is 11.6 Å². The van der Waals surface area contributed by atoms with Crippen LogP contribution in [0, 0.1) is 5.82 Å². The second-order valence-corrected chi connectivity index (χ2v) is 5.54. The number of likely N-dealkylation sites (N-methyl/N-ethyl adjacent to an activating group) is 2. The van der Waals surface area contributed by atoms with E-state index in [4.69, 9.17) is 4.74 Å². The van der Waals surface area contributed by atoms with Crippen molar-refractivity contribution in [1.29, 1.82) is 0 Å². The van der Waals surface area contributed by atoms with Gasteiger partial charge in [0.2, 0.25) is 0 Å². The van der Waals surface area contributed by atoms with Gasteiger partial charge in [0.05, 0.1) is 13.2 Å². The van der Waals surface area contributed by atoms with Crippen LogP contribution in [0.5, 0.6) is 5.75 Å². The van der Waals surface area contributed by atoms with Crippen LogP contribution in [0.3, 0.4) is 0 Å². The predicted octanol–water partition coefficient (Wildman–Crippen LogP) is 1.50. The standard InChI is InChI=1S/C15H23FN2O2/c1-17-6-7-18(2)11(10-17)8-15(19)13-5-4-12(20-3)9-14(13)16/h4-5,9,11,15,19H,6-8,10H2,1-3H3. The molecule has 1 heterocycles. The molecule has 1 aliphatic heterocycles. The summed E-state index contributed by atoms with van der Waals surface area (Å²) >= 11 is 0. The first-order valence-electron chi connectivity index (χ1n) is 6.91. The van der Waals surface area contributed by atoms with Crippen molar-refractivity contribution in [3.63, 3.8) is 0 Å².